The second-order valence-electron chi connectivity index (χ2n) is 12.0. The minimum absolute atomic E-state index is 0.125. The Hall–Kier alpha value is -2.92. The molecule has 0 unspecified atom stereocenters. The monoisotopic (exact) mass is 545 g/mol. The Morgan fingerprint density at radius 3 is 2.32 bits per heavy atom. The van der Waals surface area contributed by atoms with Crippen molar-refractivity contribution in [2.45, 2.75) is 44.1 Å². The third-order valence-corrected chi connectivity index (χ3v) is 9.62. The van der Waals surface area contributed by atoms with Crippen molar-refractivity contribution in [3.05, 3.63) is 58.8 Å². The van der Waals surface area contributed by atoms with Crippen molar-refractivity contribution >= 4 is 23.4 Å². The molecule has 0 amide bonds. The van der Waals surface area contributed by atoms with Crippen molar-refractivity contribution in [2.24, 2.45) is 10.8 Å². The normalized spacial score (nSPS) is 29.0. The molecule has 2 aromatic heterocycles. The first-order chi connectivity index (χ1) is 18.1. The first-order valence-electron chi connectivity index (χ1n) is 12.7. The maximum Gasteiger partial charge on any atom is 0.394 e. The van der Waals surface area contributed by atoms with Gasteiger partial charge in [0.2, 0.25) is 5.95 Å². The zero-order chi connectivity index (χ0) is 26.1. The number of anilines is 2. The molecule has 3 saturated carbocycles. The Kier molecular flexibility index (Phi) is 4.35. The highest BCUT2D eigenvalue weighted by Gasteiger charge is 2.80. The minimum atomic E-state index is -4.15. The predicted octanol–water partition coefficient (Wildman–Crippen LogP) is 4.58. The van der Waals surface area contributed by atoms with E-state index in [1.165, 1.54) is 12.3 Å². The van der Waals surface area contributed by atoms with Gasteiger partial charge in [0.1, 0.15) is 11.6 Å². The molecule has 38 heavy (non-hydrogen) atoms. The maximum absolute atomic E-state index is 13.6. The first-order valence-corrected chi connectivity index (χ1v) is 13.1. The van der Waals surface area contributed by atoms with Crippen molar-refractivity contribution < 1.29 is 17.6 Å². The lowest BCUT2D eigenvalue weighted by molar-refractivity contribution is -0.364. The number of alkyl halides is 3. The summed E-state index contributed by atoms with van der Waals surface area (Å²) >= 11 is 6.36. The van der Waals surface area contributed by atoms with E-state index in [0.29, 0.717) is 18.1 Å². The van der Waals surface area contributed by atoms with Gasteiger partial charge in [0.05, 0.1) is 23.8 Å². The van der Waals surface area contributed by atoms with Crippen LogP contribution in [0.4, 0.5) is 29.3 Å². The van der Waals surface area contributed by atoms with Crippen molar-refractivity contribution in [1.29, 1.82) is 0 Å². The fourth-order valence-corrected chi connectivity index (χ4v) is 7.68. The SMILES string of the molecule is Fc1ccc(N2CC3(C2)CN(c2nnc4n2-c2ccc(Cl)cc2CN(C25CC(C(F)(F)F)(C2)C5)C4)C3)nc1. The number of pyridine rings is 1. The average molecular weight is 546 g/mol. The quantitative estimate of drug-likeness (QED) is 0.449. The molecular weight excluding hydrogens is 522 g/mol. The van der Waals surface area contributed by atoms with Crippen molar-refractivity contribution in [2.75, 3.05) is 36.0 Å². The Morgan fingerprint density at radius 1 is 0.895 bits per heavy atom. The summed E-state index contributed by atoms with van der Waals surface area (Å²) in [6.45, 7) is 4.27. The van der Waals surface area contributed by atoms with Gasteiger partial charge in [-0.3, -0.25) is 9.47 Å². The zero-order valence-corrected chi connectivity index (χ0v) is 21.1. The van der Waals surface area contributed by atoms with Gasteiger partial charge in [-0.15, -0.1) is 10.2 Å². The van der Waals surface area contributed by atoms with Gasteiger partial charge in [-0.05, 0) is 55.2 Å². The standard InChI is InChI=1S/C26H24ClF4N7/c27-17-1-3-19-16(5-17)7-37(25-9-24(10-25,11-25)26(29,30)31)8-21-33-34-22(38(19)21)36-14-23(15-36)12-35(13-23)20-4-2-18(28)6-32-20/h1-6H,7-15H2. The topological polar surface area (TPSA) is 53.3 Å². The third-order valence-electron chi connectivity index (χ3n) is 9.39. The maximum atomic E-state index is 13.6. The van der Waals surface area contributed by atoms with Crippen LogP contribution in [0, 0.1) is 16.6 Å². The molecule has 2 saturated heterocycles. The Balaban J connectivity index is 1.05. The second-order valence-corrected chi connectivity index (χ2v) is 12.4. The van der Waals surface area contributed by atoms with Crippen molar-refractivity contribution in [3.8, 4) is 5.69 Å². The largest absolute Gasteiger partial charge is 0.394 e. The predicted molar refractivity (Wildman–Crippen MR) is 132 cm³/mol. The molecule has 1 spiro atoms. The molecule has 2 bridgehead atoms. The summed E-state index contributed by atoms with van der Waals surface area (Å²) in [5.74, 6) is 1.91. The van der Waals surface area contributed by atoms with E-state index in [2.05, 4.69) is 34.4 Å². The van der Waals surface area contributed by atoms with Crippen molar-refractivity contribution in [1.82, 2.24) is 24.6 Å². The molecule has 0 atom stereocenters. The number of rotatable bonds is 3. The first kappa shape index (κ1) is 23.0. The Bertz CT molecular complexity index is 1440. The van der Waals surface area contributed by atoms with Gasteiger partial charge in [-0.2, -0.15) is 13.2 Å². The van der Waals surface area contributed by atoms with E-state index in [0.717, 1.165) is 55.0 Å². The van der Waals surface area contributed by atoms with E-state index in [1.54, 1.807) is 6.07 Å². The summed E-state index contributed by atoms with van der Waals surface area (Å²) in [6, 6.07) is 8.82. The Morgan fingerprint density at radius 2 is 1.63 bits per heavy atom. The van der Waals surface area contributed by atoms with Gasteiger partial charge in [-0.1, -0.05) is 11.6 Å². The van der Waals surface area contributed by atoms with Gasteiger partial charge >= 0.3 is 6.18 Å². The van der Waals surface area contributed by atoms with Crippen LogP contribution in [0.25, 0.3) is 5.69 Å². The van der Waals surface area contributed by atoms with Crippen LogP contribution in [0.2, 0.25) is 5.02 Å². The minimum Gasteiger partial charge on any atom is -0.355 e. The molecule has 3 aliphatic heterocycles. The smallest absolute Gasteiger partial charge is 0.355 e. The van der Waals surface area contributed by atoms with Gasteiger partial charge in [0.25, 0.3) is 0 Å². The summed E-state index contributed by atoms with van der Waals surface area (Å²) in [5.41, 5.74) is 0.0635. The lowest BCUT2D eigenvalue weighted by Crippen LogP contribution is -2.78. The summed E-state index contributed by atoms with van der Waals surface area (Å²) in [5, 5.41) is 9.67. The van der Waals surface area contributed by atoms with Crippen LogP contribution in [0.15, 0.2) is 36.5 Å². The number of hydrogen-bond acceptors (Lipinski definition) is 6. The zero-order valence-electron chi connectivity index (χ0n) is 20.3. The van der Waals surface area contributed by atoms with Crippen LogP contribution in [0.3, 0.4) is 0 Å². The number of aromatic nitrogens is 4. The highest BCUT2D eigenvalue weighted by molar-refractivity contribution is 6.30. The van der Waals surface area contributed by atoms with Crippen LogP contribution in [0.1, 0.15) is 30.7 Å². The average Bonchev–Trinajstić information content (AvgIpc) is 3.06. The number of nitrogens with zero attached hydrogens (tertiary/aromatic N) is 7. The molecule has 0 radical (unpaired) electrons. The second kappa shape index (κ2) is 7.18. The highest BCUT2D eigenvalue weighted by atomic mass is 35.5. The van der Waals surface area contributed by atoms with Crippen LogP contribution in [0.5, 0.6) is 0 Å². The highest BCUT2D eigenvalue weighted by Crippen LogP contribution is 2.75. The molecule has 5 fully saturated rings. The summed E-state index contributed by atoms with van der Waals surface area (Å²) < 4.78 is 55.9. The van der Waals surface area contributed by atoms with E-state index in [9.17, 15) is 17.6 Å². The van der Waals surface area contributed by atoms with Gasteiger partial charge in [0.15, 0.2) is 5.82 Å². The van der Waals surface area contributed by atoms with Crippen LogP contribution in [-0.2, 0) is 13.1 Å². The number of halogens is 5. The van der Waals surface area contributed by atoms with Crippen molar-refractivity contribution in [3.63, 3.8) is 0 Å². The van der Waals surface area contributed by atoms with E-state index in [1.807, 2.05) is 18.2 Å². The lowest BCUT2D eigenvalue weighted by Gasteiger charge is -2.73. The fraction of sp³-hybridized carbons (Fsp3) is 0.500. The molecule has 198 valence electrons. The molecule has 9 rings (SSSR count). The Labute approximate surface area is 221 Å². The van der Waals surface area contributed by atoms with Gasteiger partial charge < -0.3 is 9.80 Å². The van der Waals surface area contributed by atoms with Gasteiger partial charge in [-0.25, -0.2) is 9.37 Å². The fourth-order valence-electron chi connectivity index (χ4n) is 7.48. The van der Waals surface area contributed by atoms with Crippen LogP contribution >= 0.6 is 11.6 Å². The molecule has 0 N–H and O–H groups in total. The molecule has 6 aliphatic rings. The number of hydrogen-bond donors (Lipinski definition) is 0. The lowest BCUT2D eigenvalue weighted by atomic mass is 9.38. The van der Waals surface area contributed by atoms with Crippen LogP contribution < -0.4 is 9.80 Å². The van der Waals surface area contributed by atoms with E-state index in [-0.39, 0.29) is 30.5 Å². The van der Waals surface area contributed by atoms with E-state index >= 15 is 0 Å². The number of benzene rings is 1. The van der Waals surface area contributed by atoms with Gasteiger partial charge in [0, 0.05) is 48.7 Å². The molecule has 3 aromatic rings. The molecule has 12 heteroatoms. The molecule has 5 heterocycles. The van der Waals surface area contributed by atoms with Crippen LogP contribution in [-0.4, -0.2) is 62.5 Å². The summed E-state index contributed by atoms with van der Waals surface area (Å²) in [7, 11) is 0. The molecule has 7 nitrogen and oxygen atoms in total. The molecular formula is C26H24ClF4N7. The molecule has 3 aliphatic carbocycles. The van der Waals surface area contributed by atoms with E-state index in [4.69, 9.17) is 11.6 Å². The summed E-state index contributed by atoms with van der Waals surface area (Å²) in [4.78, 5) is 10.7. The third kappa shape index (κ3) is 3.03. The number of fused-ring (bicyclic) bond motifs is 3. The molecule has 1 aromatic carbocycles. The summed E-state index contributed by atoms with van der Waals surface area (Å²) in [6.07, 6.45) is -2.47. The van der Waals surface area contributed by atoms with E-state index < -0.39 is 17.1 Å².